The van der Waals surface area contributed by atoms with E-state index in [9.17, 15) is 29.4 Å². The number of aliphatic hydroxyl groups excluding tert-OH is 1. The fourth-order valence-corrected chi connectivity index (χ4v) is 2.45. The summed E-state index contributed by atoms with van der Waals surface area (Å²) in [4.78, 5) is 51.6. The molecule has 5 unspecified atom stereocenters. The maximum absolute atomic E-state index is 12.4. The second kappa shape index (κ2) is 14.1. The smallest absolute Gasteiger partial charge is 0.326 e. The zero-order valence-corrected chi connectivity index (χ0v) is 18.1. The Morgan fingerprint density at radius 1 is 1.06 bits per heavy atom. The summed E-state index contributed by atoms with van der Waals surface area (Å²) in [6.07, 6.45) is -0.328. The topological polar surface area (TPSA) is 235 Å². The van der Waals surface area contributed by atoms with Crippen molar-refractivity contribution in [2.75, 3.05) is 13.1 Å². The van der Waals surface area contributed by atoms with Crippen LogP contribution in [0.15, 0.2) is 4.99 Å². The standard InChI is InChI=1S/C18H35N7O6/c1-4-9(2)13(19)15(28)23-8-12(27)25-14(10(3)26)16(29)24-11(17(30)31)6-5-7-22-18(20)21/h9-11,13-14,26H,4-8,19H2,1-3H3,(H,23,28)(H,24,29)(H,25,27)(H,30,31)(H4,20,21,22). The summed E-state index contributed by atoms with van der Waals surface area (Å²) < 4.78 is 0. The summed E-state index contributed by atoms with van der Waals surface area (Å²) in [7, 11) is 0. The molecule has 5 atom stereocenters. The molecule has 0 heterocycles. The minimum absolute atomic E-state index is 0.0297. The van der Waals surface area contributed by atoms with E-state index in [4.69, 9.17) is 17.2 Å². The van der Waals surface area contributed by atoms with Gasteiger partial charge >= 0.3 is 5.97 Å². The molecule has 31 heavy (non-hydrogen) atoms. The fourth-order valence-electron chi connectivity index (χ4n) is 2.45. The number of aliphatic imine (C=N–C) groups is 1. The zero-order valence-electron chi connectivity index (χ0n) is 18.1. The van der Waals surface area contributed by atoms with Gasteiger partial charge in [-0.25, -0.2) is 4.79 Å². The van der Waals surface area contributed by atoms with Crippen molar-refractivity contribution in [1.82, 2.24) is 16.0 Å². The first-order valence-electron chi connectivity index (χ1n) is 9.99. The van der Waals surface area contributed by atoms with Crippen LogP contribution >= 0.6 is 0 Å². The zero-order chi connectivity index (χ0) is 24.1. The number of hydrogen-bond acceptors (Lipinski definition) is 7. The van der Waals surface area contributed by atoms with E-state index in [1.807, 2.05) is 6.92 Å². The van der Waals surface area contributed by atoms with Gasteiger partial charge in [0.15, 0.2) is 5.96 Å². The van der Waals surface area contributed by atoms with Gasteiger partial charge in [-0.3, -0.25) is 19.4 Å². The molecule has 0 radical (unpaired) electrons. The Morgan fingerprint density at radius 3 is 2.16 bits per heavy atom. The Bertz CT molecular complexity index is 651. The Morgan fingerprint density at radius 2 is 1.68 bits per heavy atom. The third kappa shape index (κ3) is 11.1. The predicted molar refractivity (Wildman–Crippen MR) is 114 cm³/mol. The number of nitrogens with one attached hydrogen (secondary N) is 3. The van der Waals surface area contributed by atoms with E-state index in [2.05, 4.69) is 20.9 Å². The van der Waals surface area contributed by atoms with Crippen LogP contribution < -0.4 is 33.2 Å². The Hall–Kier alpha value is -2.93. The molecule has 0 rings (SSSR count). The Balaban J connectivity index is 4.84. The molecule has 13 heteroatoms. The Labute approximate surface area is 181 Å². The van der Waals surface area contributed by atoms with Crippen molar-refractivity contribution in [1.29, 1.82) is 0 Å². The minimum Gasteiger partial charge on any atom is -0.480 e. The molecule has 0 saturated heterocycles. The molecule has 3 amide bonds. The first-order chi connectivity index (χ1) is 14.4. The van der Waals surface area contributed by atoms with Gasteiger partial charge in [0.05, 0.1) is 18.7 Å². The Kier molecular flexibility index (Phi) is 12.8. The second-order valence-electron chi connectivity index (χ2n) is 7.26. The normalized spacial score (nSPS) is 15.5. The molecule has 0 saturated carbocycles. The first kappa shape index (κ1) is 28.1. The number of nitrogens with zero attached hydrogens (tertiary/aromatic N) is 1. The molecule has 0 aliphatic rings. The van der Waals surface area contributed by atoms with Crippen LogP contribution in [0, 0.1) is 5.92 Å². The molecule has 13 nitrogen and oxygen atoms in total. The van der Waals surface area contributed by atoms with Gasteiger partial charge in [0.25, 0.3) is 0 Å². The van der Waals surface area contributed by atoms with Gasteiger partial charge in [-0.2, -0.15) is 0 Å². The van der Waals surface area contributed by atoms with Gasteiger partial charge in [-0.05, 0) is 25.7 Å². The lowest BCUT2D eigenvalue weighted by Gasteiger charge is -2.23. The highest BCUT2D eigenvalue weighted by Crippen LogP contribution is 2.05. The van der Waals surface area contributed by atoms with E-state index < -0.39 is 54.5 Å². The van der Waals surface area contributed by atoms with Crippen molar-refractivity contribution in [2.45, 2.75) is 64.3 Å². The van der Waals surface area contributed by atoms with E-state index in [-0.39, 0.29) is 31.3 Å². The molecule has 0 aromatic heterocycles. The second-order valence-corrected chi connectivity index (χ2v) is 7.26. The van der Waals surface area contributed by atoms with Crippen LogP contribution in [0.4, 0.5) is 0 Å². The van der Waals surface area contributed by atoms with E-state index in [0.29, 0.717) is 6.42 Å². The van der Waals surface area contributed by atoms with Crippen molar-refractivity contribution in [2.24, 2.45) is 28.1 Å². The summed E-state index contributed by atoms with van der Waals surface area (Å²) in [5.74, 6) is -3.66. The summed E-state index contributed by atoms with van der Waals surface area (Å²) in [5, 5.41) is 26.0. The van der Waals surface area contributed by atoms with Gasteiger partial charge in [-0.15, -0.1) is 0 Å². The highest BCUT2D eigenvalue weighted by atomic mass is 16.4. The summed E-state index contributed by atoms with van der Waals surface area (Å²) in [6, 6.07) is -3.48. The number of hydrogen-bond donors (Lipinski definition) is 8. The van der Waals surface area contributed by atoms with E-state index >= 15 is 0 Å². The highest BCUT2D eigenvalue weighted by molar-refractivity contribution is 5.92. The lowest BCUT2D eigenvalue weighted by molar-refractivity contribution is -0.143. The number of carboxylic acid groups (broad SMARTS) is 1. The molecule has 11 N–H and O–H groups in total. The monoisotopic (exact) mass is 445 g/mol. The maximum atomic E-state index is 12.4. The van der Waals surface area contributed by atoms with E-state index in [0.717, 1.165) is 0 Å². The summed E-state index contributed by atoms with van der Waals surface area (Å²) in [6.45, 7) is 4.66. The first-order valence-corrected chi connectivity index (χ1v) is 9.99. The number of aliphatic hydroxyl groups is 1. The number of guanidine groups is 1. The fraction of sp³-hybridized carbons (Fsp3) is 0.722. The number of carbonyl (C=O) groups is 4. The summed E-state index contributed by atoms with van der Waals surface area (Å²) >= 11 is 0. The molecule has 0 aromatic carbocycles. The molecular formula is C18H35N7O6. The number of carboxylic acids is 1. The van der Waals surface area contributed by atoms with Crippen molar-refractivity contribution >= 4 is 29.7 Å². The number of aliphatic carboxylic acids is 1. The van der Waals surface area contributed by atoms with Crippen LogP contribution in [0.2, 0.25) is 0 Å². The summed E-state index contributed by atoms with van der Waals surface area (Å²) in [5.41, 5.74) is 16.2. The maximum Gasteiger partial charge on any atom is 0.326 e. The molecule has 0 aromatic rings. The van der Waals surface area contributed by atoms with E-state index in [1.54, 1.807) is 6.92 Å². The number of rotatable bonds is 14. The quantitative estimate of drug-likeness (QED) is 0.0769. The van der Waals surface area contributed by atoms with Crippen molar-refractivity contribution < 1.29 is 29.4 Å². The van der Waals surface area contributed by atoms with Crippen LogP contribution in [0.3, 0.4) is 0 Å². The lowest BCUT2D eigenvalue weighted by Crippen LogP contribution is -2.57. The number of amides is 3. The molecule has 0 spiro atoms. The van der Waals surface area contributed by atoms with Gasteiger partial charge < -0.3 is 43.4 Å². The average Bonchev–Trinajstić information content (AvgIpc) is 2.70. The molecule has 178 valence electrons. The lowest BCUT2D eigenvalue weighted by atomic mass is 9.99. The van der Waals surface area contributed by atoms with Gasteiger partial charge in [0.1, 0.15) is 12.1 Å². The molecular weight excluding hydrogens is 410 g/mol. The minimum atomic E-state index is -1.42. The highest BCUT2D eigenvalue weighted by Gasteiger charge is 2.29. The molecule has 0 aliphatic carbocycles. The van der Waals surface area contributed by atoms with Crippen molar-refractivity contribution in [3.05, 3.63) is 0 Å². The van der Waals surface area contributed by atoms with Crippen molar-refractivity contribution in [3.8, 4) is 0 Å². The average molecular weight is 446 g/mol. The predicted octanol–water partition coefficient (Wildman–Crippen LogP) is -3.04. The van der Waals surface area contributed by atoms with E-state index in [1.165, 1.54) is 6.92 Å². The van der Waals surface area contributed by atoms with Crippen LogP contribution in [-0.4, -0.2) is 77.2 Å². The molecule has 0 fully saturated rings. The van der Waals surface area contributed by atoms with Gasteiger partial charge in [0, 0.05) is 6.54 Å². The van der Waals surface area contributed by atoms with Crippen molar-refractivity contribution in [3.63, 3.8) is 0 Å². The van der Waals surface area contributed by atoms with Gasteiger partial charge in [-0.1, -0.05) is 20.3 Å². The SMILES string of the molecule is CCC(C)C(N)C(=O)NCC(=O)NC(C(=O)NC(CCCN=C(N)N)C(=O)O)C(C)O. The van der Waals surface area contributed by atoms with Crippen LogP contribution in [0.25, 0.3) is 0 Å². The third-order valence-electron chi connectivity index (χ3n) is 4.62. The number of nitrogens with two attached hydrogens (primary N) is 3. The van der Waals surface area contributed by atoms with Gasteiger partial charge in [0.2, 0.25) is 17.7 Å². The molecule has 0 aliphatic heterocycles. The van der Waals surface area contributed by atoms with Crippen LogP contribution in [0.5, 0.6) is 0 Å². The largest absolute Gasteiger partial charge is 0.480 e. The third-order valence-corrected chi connectivity index (χ3v) is 4.62. The van der Waals surface area contributed by atoms with Crippen LogP contribution in [-0.2, 0) is 19.2 Å². The molecule has 0 bridgehead atoms. The van der Waals surface area contributed by atoms with Crippen LogP contribution in [0.1, 0.15) is 40.0 Å². The number of carbonyl (C=O) groups excluding carboxylic acids is 3.